The number of hydrogen-bond acceptors (Lipinski definition) is 4. The molecule has 1 aromatic rings. The standard InChI is InChI=1S/C13H16N2O5/c16-7-5-11(14-12(17)18)9-1-3-10(4-2-9)15-6-8-20-13(15)19/h1-4,11,14,16H,5-8H2,(H,17,18)/t11-/m1/s1. The molecule has 3 N–H and O–H groups in total. The van der Waals surface area contributed by atoms with E-state index in [0.29, 0.717) is 18.8 Å². The minimum Gasteiger partial charge on any atom is -0.465 e. The Morgan fingerprint density at radius 3 is 2.60 bits per heavy atom. The molecule has 0 spiro atoms. The van der Waals surface area contributed by atoms with Crippen LogP contribution in [0.15, 0.2) is 24.3 Å². The maximum atomic E-state index is 11.4. The molecule has 0 unspecified atom stereocenters. The molecule has 1 atom stereocenters. The Morgan fingerprint density at radius 1 is 1.40 bits per heavy atom. The maximum Gasteiger partial charge on any atom is 0.414 e. The normalized spacial score (nSPS) is 15.8. The molecule has 1 aliphatic rings. The summed E-state index contributed by atoms with van der Waals surface area (Å²) in [5.41, 5.74) is 1.44. The molecule has 0 saturated carbocycles. The minimum absolute atomic E-state index is 0.120. The summed E-state index contributed by atoms with van der Waals surface area (Å²) < 4.78 is 4.85. The van der Waals surface area contributed by atoms with Crippen molar-refractivity contribution in [1.29, 1.82) is 0 Å². The fraction of sp³-hybridized carbons (Fsp3) is 0.385. The zero-order valence-corrected chi connectivity index (χ0v) is 10.8. The van der Waals surface area contributed by atoms with E-state index in [-0.39, 0.29) is 19.1 Å². The first-order chi connectivity index (χ1) is 9.61. The van der Waals surface area contributed by atoms with Crippen molar-refractivity contribution in [3.63, 3.8) is 0 Å². The second-order valence-electron chi connectivity index (χ2n) is 4.37. The zero-order valence-electron chi connectivity index (χ0n) is 10.8. The quantitative estimate of drug-likeness (QED) is 0.755. The van der Waals surface area contributed by atoms with E-state index in [1.54, 1.807) is 24.3 Å². The third-order valence-electron chi connectivity index (χ3n) is 3.08. The number of cyclic esters (lactones) is 1. The van der Waals surface area contributed by atoms with Crippen molar-refractivity contribution in [2.24, 2.45) is 0 Å². The van der Waals surface area contributed by atoms with Crippen LogP contribution in [0.25, 0.3) is 0 Å². The van der Waals surface area contributed by atoms with E-state index in [9.17, 15) is 9.59 Å². The first kappa shape index (κ1) is 14.1. The molecule has 2 rings (SSSR count). The summed E-state index contributed by atoms with van der Waals surface area (Å²) in [6.07, 6.45) is -1.24. The number of nitrogens with zero attached hydrogens (tertiary/aromatic N) is 1. The number of carboxylic acid groups (broad SMARTS) is 1. The van der Waals surface area contributed by atoms with Gasteiger partial charge in [0, 0.05) is 12.3 Å². The minimum atomic E-state index is -1.14. The number of nitrogens with one attached hydrogen (secondary N) is 1. The van der Waals surface area contributed by atoms with Crippen molar-refractivity contribution in [3.8, 4) is 0 Å². The van der Waals surface area contributed by atoms with E-state index in [2.05, 4.69) is 5.32 Å². The average Bonchev–Trinajstić information content (AvgIpc) is 2.84. The lowest BCUT2D eigenvalue weighted by atomic mass is 10.0. The van der Waals surface area contributed by atoms with E-state index in [4.69, 9.17) is 14.9 Å². The molecule has 7 nitrogen and oxygen atoms in total. The Kier molecular flexibility index (Phi) is 4.41. The number of amides is 2. The highest BCUT2D eigenvalue weighted by molar-refractivity contribution is 5.89. The monoisotopic (exact) mass is 280 g/mol. The summed E-state index contributed by atoms with van der Waals surface area (Å²) >= 11 is 0. The number of aliphatic hydroxyl groups excluding tert-OH is 1. The zero-order chi connectivity index (χ0) is 14.5. The fourth-order valence-corrected chi connectivity index (χ4v) is 2.11. The molecule has 1 fully saturated rings. The number of anilines is 1. The Morgan fingerprint density at radius 2 is 2.10 bits per heavy atom. The first-order valence-electron chi connectivity index (χ1n) is 6.26. The predicted octanol–water partition coefficient (Wildman–Crippen LogP) is 1.33. The summed E-state index contributed by atoms with van der Waals surface area (Å²) in [5, 5.41) is 20.1. The fourth-order valence-electron chi connectivity index (χ4n) is 2.11. The number of carbonyl (C=O) groups is 2. The molecule has 0 bridgehead atoms. The molecule has 108 valence electrons. The number of carbonyl (C=O) groups excluding carboxylic acids is 1. The molecule has 0 aliphatic carbocycles. The molecular weight excluding hydrogens is 264 g/mol. The van der Waals surface area contributed by atoms with Crippen LogP contribution in [-0.4, -0.2) is 42.2 Å². The second kappa shape index (κ2) is 6.25. The summed E-state index contributed by atoms with van der Waals surface area (Å²) in [7, 11) is 0. The van der Waals surface area contributed by atoms with Crippen molar-refractivity contribution in [3.05, 3.63) is 29.8 Å². The van der Waals surface area contributed by atoms with Crippen molar-refractivity contribution < 1.29 is 24.5 Å². The van der Waals surface area contributed by atoms with Gasteiger partial charge >= 0.3 is 12.2 Å². The van der Waals surface area contributed by atoms with Gasteiger partial charge in [-0.25, -0.2) is 9.59 Å². The van der Waals surface area contributed by atoms with Crippen LogP contribution in [-0.2, 0) is 4.74 Å². The number of rotatable bonds is 5. The topological polar surface area (TPSA) is 99.1 Å². The first-order valence-corrected chi connectivity index (χ1v) is 6.26. The molecule has 0 radical (unpaired) electrons. The van der Waals surface area contributed by atoms with Crippen LogP contribution in [0.2, 0.25) is 0 Å². The molecule has 7 heteroatoms. The van der Waals surface area contributed by atoms with Gasteiger partial charge in [-0.3, -0.25) is 4.90 Å². The van der Waals surface area contributed by atoms with E-state index < -0.39 is 12.1 Å². The van der Waals surface area contributed by atoms with Crippen LogP contribution in [0.5, 0.6) is 0 Å². The average molecular weight is 280 g/mol. The van der Waals surface area contributed by atoms with Crippen LogP contribution in [0.3, 0.4) is 0 Å². The molecule has 20 heavy (non-hydrogen) atoms. The van der Waals surface area contributed by atoms with Crippen molar-refractivity contribution >= 4 is 17.9 Å². The highest BCUT2D eigenvalue weighted by Gasteiger charge is 2.23. The number of ether oxygens (including phenoxy) is 1. The summed E-state index contributed by atoms with van der Waals surface area (Å²) in [6, 6.07) is 6.46. The van der Waals surface area contributed by atoms with Crippen LogP contribution >= 0.6 is 0 Å². The van der Waals surface area contributed by atoms with E-state index in [1.165, 1.54) is 4.90 Å². The van der Waals surface area contributed by atoms with Crippen molar-refractivity contribution in [2.45, 2.75) is 12.5 Å². The largest absolute Gasteiger partial charge is 0.465 e. The van der Waals surface area contributed by atoms with Gasteiger partial charge < -0.3 is 20.3 Å². The third-order valence-corrected chi connectivity index (χ3v) is 3.08. The number of benzene rings is 1. The van der Waals surface area contributed by atoms with Crippen LogP contribution in [0.1, 0.15) is 18.0 Å². The Balaban J connectivity index is 2.13. The predicted molar refractivity (Wildman–Crippen MR) is 70.7 cm³/mol. The van der Waals surface area contributed by atoms with Gasteiger partial charge in [0.05, 0.1) is 12.6 Å². The highest BCUT2D eigenvalue weighted by atomic mass is 16.6. The van der Waals surface area contributed by atoms with Gasteiger partial charge in [0.15, 0.2) is 0 Å². The van der Waals surface area contributed by atoms with Crippen LogP contribution < -0.4 is 10.2 Å². The Bertz CT molecular complexity index is 488. The van der Waals surface area contributed by atoms with Gasteiger partial charge in [0.2, 0.25) is 0 Å². The van der Waals surface area contributed by atoms with Gasteiger partial charge in [-0.2, -0.15) is 0 Å². The third kappa shape index (κ3) is 3.18. The van der Waals surface area contributed by atoms with E-state index in [1.807, 2.05) is 0 Å². The highest BCUT2D eigenvalue weighted by Crippen LogP contribution is 2.23. The molecule has 1 saturated heterocycles. The number of hydrogen-bond donors (Lipinski definition) is 3. The van der Waals surface area contributed by atoms with Gasteiger partial charge in [0.1, 0.15) is 6.61 Å². The summed E-state index contributed by atoms with van der Waals surface area (Å²) in [4.78, 5) is 23.6. The van der Waals surface area contributed by atoms with Crippen molar-refractivity contribution in [1.82, 2.24) is 5.32 Å². The lowest BCUT2D eigenvalue weighted by Gasteiger charge is -2.18. The molecule has 2 amide bonds. The van der Waals surface area contributed by atoms with Crippen LogP contribution in [0.4, 0.5) is 15.3 Å². The summed E-state index contributed by atoms with van der Waals surface area (Å²) in [6.45, 7) is 0.755. The number of aliphatic hydroxyl groups is 1. The van der Waals surface area contributed by atoms with E-state index in [0.717, 1.165) is 5.56 Å². The van der Waals surface area contributed by atoms with Gasteiger partial charge in [0.25, 0.3) is 0 Å². The van der Waals surface area contributed by atoms with Gasteiger partial charge in [-0.05, 0) is 24.1 Å². The Hall–Kier alpha value is -2.28. The lowest BCUT2D eigenvalue weighted by Crippen LogP contribution is -2.27. The Labute approximate surface area is 115 Å². The molecule has 0 aromatic heterocycles. The smallest absolute Gasteiger partial charge is 0.414 e. The molecule has 1 heterocycles. The lowest BCUT2D eigenvalue weighted by molar-refractivity contribution is 0.181. The molecule has 1 aliphatic heterocycles. The van der Waals surface area contributed by atoms with Crippen molar-refractivity contribution in [2.75, 3.05) is 24.7 Å². The summed E-state index contributed by atoms with van der Waals surface area (Å²) in [5.74, 6) is 0. The van der Waals surface area contributed by atoms with Crippen LogP contribution in [0, 0.1) is 0 Å². The second-order valence-corrected chi connectivity index (χ2v) is 4.37. The SMILES string of the molecule is O=C(O)N[C@H](CCO)c1ccc(N2CCOC2=O)cc1. The van der Waals surface area contributed by atoms with E-state index >= 15 is 0 Å². The van der Waals surface area contributed by atoms with Gasteiger partial charge in [-0.1, -0.05) is 12.1 Å². The molecule has 1 aromatic carbocycles. The molecular formula is C13H16N2O5. The van der Waals surface area contributed by atoms with Gasteiger partial charge in [-0.15, -0.1) is 0 Å². The maximum absolute atomic E-state index is 11.4.